The van der Waals surface area contributed by atoms with Gasteiger partial charge in [-0.05, 0) is 0 Å². The van der Waals surface area contributed by atoms with E-state index < -0.39 is 17.2 Å². The molecule has 9 heteroatoms. The standard InChI is InChI=1S/C9H16N4O4S/c1-13-9(11-7(15)8(16)12-13)18-6(3-14)5(10)4-17-2/h5-6,14H,3-4,10H2,1-2H3,(H,12,16). The maximum absolute atomic E-state index is 11.2. The van der Waals surface area contributed by atoms with Crippen LogP contribution in [0.2, 0.25) is 0 Å². The van der Waals surface area contributed by atoms with E-state index in [9.17, 15) is 14.7 Å². The van der Waals surface area contributed by atoms with Gasteiger partial charge in [-0.15, -0.1) is 0 Å². The molecule has 0 amide bonds. The van der Waals surface area contributed by atoms with Crippen LogP contribution >= 0.6 is 11.8 Å². The summed E-state index contributed by atoms with van der Waals surface area (Å²) < 4.78 is 6.22. The summed E-state index contributed by atoms with van der Waals surface area (Å²) in [5.74, 6) is 0. The largest absolute Gasteiger partial charge is 0.395 e. The van der Waals surface area contributed by atoms with Crippen LogP contribution < -0.4 is 16.9 Å². The molecule has 0 spiro atoms. The van der Waals surface area contributed by atoms with E-state index in [1.807, 2.05) is 0 Å². The van der Waals surface area contributed by atoms with Gasteiger partial charge < -0.3 is 15.6 Å². The first-order valence-corrected chi connectivity index (χ1v) is 6.07. The first kappa shape index (κ1) is 14.9. The second-order valence-electron chi connectivity index (χ2n) is 3.66. The van der Waals surface area contributed by atoms with Crippen LogP contribution in [0.1, 0.15) is 0 Å². The first-order chi connectivity index (χ1) is 8.49. The fraction of sp³-hybridized carbons (Fsp3) is 0.667. The van der Waals surface area contributed by atoms with E-state index in [4.69, 9.17) is 10.5 Å². The van der Waals surface area contributed by atoms with E-state index >= 15 is 0 Å². The van der Waals surface area contributed by atoms with Gasteiger partial charge in [0.25, 0.3) is 0 Å². The summed E-state index contributed by atoms with van der Waals surface area (Å²) in [5.41, 5.74) is 4.16. The second-order valence-corrected chi connectivity index (χ2v) is 4.86. The van der Waals surface area contributed by atoms with Gasteiger partial charge in [-0.3, -0.25) is 19.4 Å². The highest BCUT2D eigenvalue weighted by atomic mass is 32.2. The van der Waals surface area contributed by atoms with Crippen LogP contribution in [0.25, 0.3) is 0 Å². The van der Waals surface area contributed by atoms with Gasteiger partial charge in [-0.1, -0.05) is 11.8 Å². The molecule has 0 bridgehead atoms. The molecular formula is C9H16N4O4S. The van der Waals surface area contributed by atoms with Gasteiger partial charge in [0.05, 0.1) is 18.5 Å². The Kier molecular flexibility index (Phi) is 5.54. The molecule has 102 valence electrons. The molecule has 0 aromatic carbocycles. The average Bonchev–Trinajstić information content (AvgIpc) is 2.32. The molecule has 2 unspecified atom stereocenters. The van der Waals surface area contributed by atoms with E-state index in [0.29, 0.717) is 0 Å². The van der Waals surface area contributed by atoms with Gasteiger partial charge in [0.2, 0.25) is 0 Å². The lowest BCUT2D eigenvalue weighted by molar-refractivity contribution is 0.167. The number of ether oxygens (including phenoxy) is 1. The third-order valence-corrected chi connectivity index (χ3v) is 3.60. The molecule has 0 saturated heterocycles. The summed E-state index contributed by atoms with van der Waals surface area (Å²) in [5, 5.41) is 11.5. The van der Waals surface area contributed by atoms with Crippen molar-refractivity contribution in [2.45, 2.75) is 16.4 Å². The number of H-pyrrole nitrogens is 1. The zero-order valence-electron chi connectivity index (χ0n) is 10.1. The number of rotatable bonds is 6. The third-order valence-electron chi connectivity index (χ3n) is 2.22. The van der Waals surface area contributed by atoms with Crippen LogP contribution in [0.5, 0.6) is 0 Å². The van der Waals surface area contributed by atoms with E-state index in [1.54, 1.807) is 7.05 Å². The zero-order chi connectivity index (χ0) is 13.7. The van der Waals surface area contributed by atoms with E-state index in [1.165, 1.54) is 11.8 Å². The molecule has 0 aliphatic rings. The summed E-state index contributed by atoms with van der Waals surface area (Å²) >= 11 is 1.11. The molecule has 8 nitrogen and oxygen atoms in total. The smallest absolute Gasteiger partial charge is 0.339 e. The summed E-state index contributed by atoms with van der Waals surface area (Å²) in [6.07, 6.45) is 0. The minimum atomic E-state index is -0.868. The lowest BCUT2D eigenvalue weighted by Gasteiger charge is -2.20. The molecule has 1 heterocycles. The average molecular weight is 276 g/mol. The number of methoxy groups -OCH3 is 1. The lowest BCUT2D eigenvalue weighted by atomic mass is 10.2. The minimum absolute atomic E-state index is 0.190. The number of aromatic amines is 1. The Morgan fingerprint density at radius 1 is 1.61 bits per heavy atom. The number of hydrogen-bond donors (Lipinski definition) is 3. The predicted octanol–water partition coefficient (Wildman–Crippen LogP) is -2.10. The summed E-state index contributed by atoms with van der Waals surface area (Å²) in [7, 11) is 3.05. The number of aromatic nitrogens is 3. The molecule has 0 aliphatic heterocycles. The van der Waals surface area contributed by atoms with Gasteiger partial charge in [0, 0.05) is 20.2 Å². The number of aliphatic hydroxyl groups is 1. The Morgan fingerprint density at radius 2 is 2.28 bits per heavy atom. The van der Waals surface area contributed by atoms with E-state index in [0.717, 1.165) is 11.8 Å². The number of aryl methyl sites for hydroxylation is 1. The van der Waals surface area contributed by atoms with Gasteiger partial charge in [-0.2, -0.15) is 4.98 Å². The Morgan fingerprint density at radius 3 is 2.83 bits per heavy atom. The summed E-state index contributed by atoms with van der Waals surface area (Å²) in [6.45, 7) is 0.0831. The molecule has 18 heavy (non-hydrogen) atoms. The van der Waals surface area contributed by atoms with Crippen LogP contribution in [-0.2, 0) is 11.8 Å². The highest BCUT2D eigenvalue weighted by Gasteiger charge is 2.20. The van der Waals surface area contributed by atoms with Gasteiger partial charge in [0.15, 0.2) is 5.16 Å². The van der Waals surface area contributed by atoms with Crippen molar-refractivity contribution in [3.63, 3.8) is 0 Å². The first-order valence-electron chi connectivity index (χ1n) is 5.19. The van der Waals surface area contributed by atoms with Crippen molar-refractivity contribution < 1.29 is 9.84 Å². The van der Waals surface area contributed by atoms with Gasteiger partial charge in [0.1, 0.15) is 0 Å². The normalized spacial score (nSPS) is 14.4. The monoisotopic (exact) mass is 276 g/mol. The van der Waals surface area contributed by atoms with Crippen molar-refractivity contribution in [1.29, 1.82) is 0 Å². The highest BCUT2D eigenvalue weighted by molar-refractivity contribution is 7.99. The van der Waals surface area contributed by atoms with Crippen molar-refractivity contribution >= 4 is 11.8 Å². The second kappa shape index (κ2) is 6.69. The SMILES string of the molecule is COCC(N)C(CO)Sc1nc(=O)c(=O)[nH]n1C. The molecule has 4 N–H and O–H groups in total. The fourth-order valence-corrected chi connectivity index (χ4v) is 2.20. The van der Waals surface area contributed by atoms with Crippen molar-refractivity contribution in [3.8, 4) is 0 Å². The maximum atomic E-state index is 11.2. The molecule has 1 aromatic rings. The minimum Gasteiger partial charge on any atom is -0.395 e. The van der Waals surface area contributed by atoms with Crippen molar-refractivity contribution in [1.82, 2.24) is 14.8 Å². The molecule has 0 fully saturated rings. The number of nitrogens with two attached hydrogens (primary N) is 1. The van der Waals surface area contributed by atoms with E-state index in [2.05, 4.69) is 10.1 Å². The van der Waals surface area contributed by atoms with Crippen molar-refractivity contribution in [3.05, 3.63) is 20.7 Å². The number of thioether (sulfide) groups is 1. The fourth-order valence-electron chi connectivity index (χ4n) is 1.26. The summed E-state index contributed by atoms with van der Waals surface area (Å²) in [6, 6.07) is -0.408. The molecule has 1 rings (SSSR count). The number of hydrogen-bond acceptors (Lipinski definition) is 7. The van der Waals surface area contributed by atoms with Crippen LogP contribution in [0.3, 0.4) is 0 Å². The van der Waals surface area contributed by atoms with Crippen LogP contribution in [0, 0.1) is 0 Å². The Bertz CT molecular complexity index is 500. The Hall–Kier alpha value is -1.16. The zero-order valence-corrected chi connectivity index (χ0v) is 10.9. The number of nitrogens with one attached hydrogen (secondary N) is 1. The third kappa shape index (κ3) is 3.67. The molecule has 0 aliphatic carbocycles. The molecule has 0 radical (unpaired) electrons. The topological polar surface area (TPSA) is 123 Å². The van der Waals surface area contributed by atoms with Crippen molar-refractivity contribution in [2.24, 2.45) is 12.8 Å². The Balaban J connectivity index is 2.91. The quantitative estimate of drug-likeness (QED) is 0.401. The van der Waals surface area contributed by atoms with Crippen molar-refractivity contribution in [2.75, 3.05) is 20.3 Å². The van der Waals surface area contributed by atoms with Crippen LogP contribution in [0.15, 0.2) is 14.7 Å². The maximum Gasteiger partial charge on any atom is 0.339 e. The molecule has 2 atom stereocenters. The van der Waals surface area contributed by atoms with E-state index in [-0.39, 0.29) is 23.6 Å². The Labute approximate surface area is 107 Å². The molecule has 0 saturated carbocycles. The number of nitrogens with zero attached hydrogens (tertiary/aromatic N) is 2. The summed E-state index contributed by atoms with van der Waals surface area (Å²) in [4.78, 5) is 25.8. The van der Waals surface area contributed by atoms with Gasteiger partial charge in [-0.25, -0.2) is 0 Å². The lowest BCUT2D eigenvalue weighted by Crippen LogP contribution is -2.40. The number of aliphatic hydroxyl groups excluding tert-OH is 1. The van der Waals surface area contributed by atoms with Gasteiger partial charge >= 0.3 is 11.1 Å². The van der Waals surface area contributed by atoms with Crippen LogP contribution in [0.4, 0.5) is 0 Å². The molecular weight excluding hydrogens is 260 g/mol. The highest BCUT2D eigenvalue weighted by Crippen LogP contribution is 2.20. The van der Waals surface area contributed by atoms with Crippen LogP contribution in [-0.4, -0.2) is 51.5 Å². The molecule has 1 aromatic heterocycles. The predicted molar refractivity (Wildman–Crippen MR) is 66.7 cm³/mol.